The van der Waals surface area contributed by atoms with Crippen LogP contribution in [-0.4, -0.2) is 10.2 Å². The molecule has 0 fully saturated rings. The molecular weight excluding hydrogens is 176 g/mol. The summed E-state index contributed by atoms with van der Waals surface area (Å²) in [6.45, 7) is 4.07. The summed E-state index contributed by atoms with van der Waals surface area (Å²) in [4.78, 5) is -0.409. The maximum atomic E-state index is 5.55. The van der Waals surface area contributed by atoms with Crippen molar-refractivity contribution in [1.29, 1.82) is 0 Å². The molecule has 0 aromatic carbocycles. The SMILES string of the molecule is CCCC1=C[C@H](S)[C@@](C)(S)O1. The largest absolute Gasteiger partial charge is 0.480 e. The lowest BCUT2D eigenvalue weighted by molar-refractivity contribution is 0.127. The first kappa shape index (κ1) is 9.33. The standard InChI is InChI=1S/C8H14OS2/c1-3-4-6-5-7(10)8(2,11)9-6/h5,7,10-11H,3-4H2,1-2H3/t7-,8+/m0/s1. The van der Waals surface area contributed by atoms with Crippen LogP contribution in [0.5, 0.6) is 0 Å². The van der Waals surface area contributed by atoms with Gasteiger partial charge in [-0.15, -0.1) is 12.6 Å². The molecule has 0 spiro atoms. The topological polar surface area (TPSA) is 9.23 Å². The van der Waals surface area contributed by atoms with Crippen LogP contribution < -0.4 is 0 Å². The predicted molar refractivity (Wildman–Crippen MR) is 54.2 cm³/mol. The van der Waals surface area contributed by atoms with Crippen molar-refractivity contribution < 1.29 is 4.74 Å². The molecule has 1 heterocycles. The van der Waals surface area contributed by atoms with Crippen LogP contribution in [0.25, 0.3) is 0 Å². The zero-order valence-electron chi connectivity index (χ0n) is 6.87. The third-order valence-electron chi connectivity index (χ3n) is 1.73. The normalized spacial score (nSPS) is 36.7. The Kier molecular flexibility index (Phi) is 2.81. The van der Waals surface area contributed by atoms with Crippen molar-refractivity contribution in [2.75, 3.05) is 0 Å². The molecule has 0 aliphatic carbocycles. The summed E-state index contributed by atoms with van der Waals surface area (Å²) in [5, 5.41) is 0.118. The molecule has 0 aromatic rings. The molecule has 0 aromatic heterocycles. The van der Waals surface area contributed by atoms with Gasteiger partial charge in [0.15, 0.2) is 4.93 Å². The van der Waals surface area contributed by atoms with Crippen molar-refractivity contribution in [3.63, 3.8) is 0 Å². The van der Waals surface area contributed by atoms with E-state index in [-0.39, 0.29) is 5.25 Å². The highest BCUT2D eigenvalue weighted by atomic mass is 32.1. The van der Waals surface area contributed by atoms with Crippen molar-refractivity contribution in [2.24, 2.45) is 0 Å². The summed E-state index contributed by atoms with van der Waals surface area (Å²) in [5.74, 6) is 1.03. The summed E-state index contributed by atoms with van der Waals surface area (Å²) in [5.41, 5.74) is 0. The Labute approximate surface area is 79.0 Å². The van der Waals surface area contributed by atoms with Crippen LogP contribution in [0.15, 0.2) is 11.8 Å². The zero-order valence-corrected chi connectivity index (χ0v) is 8.66. The molecular formula is C8H14OS2. The molecule has 0 saturated heterocycles. The van der Waals surface area contributed by atoms with Crippen LogP contribution in [-0.2, 0) is 4.74 Å². The van der Waals surface area contributed by atoms with Gasteiger partial charge >= 0.3 is 0 Å². The molecule has 1 aliphatic heterocycles. The van der Waals surface area contributed by atoms with Gasteiger partial charge in [0, 0.05) is 6.42 Å². The Morgan fingerprint density at radius 1 is 1.73 bits per heavy atom. The monoisotopic (exact) mass is 190 g/mol. The van der Waals surface area contributed by atoms with Crippen LogP contribution >= 0.6 is 25.3 Å². The molecule has 0 N–H and O–H groups in total. The highest BCUT2D eigenvalue weighted by Crippen LogP contribution is 2.36. The van der Waals surface area contributed by atoms with Crippen LogP contribution in [0, 0.1) is 0 Å². The lowest BCUT2D eigenvalue weighted by Crippen LogP contribution is -2.25. The van der Waals surface area contributed by atoms with E-state index in [9.17, 15) is 0 Å². The Bertz CT molecular complexity index is 175. The van der Waals surface area contributed by atoms with Gasteiger partial charge in [-0.25, -0.2) is 0 Å². The van der Waals surface area contributed by atoms with Gasteiger partial charge in [0.05, 0.1) is 11.0 Å². The minimum Gasteiger partial charge on any atom is -0.480 e. The Morgan fingerprint density at radius 3 is 2.73 bits per heavy atom. The lowest BCUT2D eigenvalue weighted by Gasteiger charge is -2.22. The molecule has 3 heteroatoms. The molecule has 11 heavy (non-hydrogen) atoms. The Morgan fingerprint density at radius 2 is 2.36 bits per heavy atom. The van der Waals surface area contributed by atoms with Gasteiger partial charge < -0.3 is 4.74 Å². The Balaban J connectivity index is 2.56. The second-order valence-corrected chi connectivity index (χ2v) is 4.43. The van der Waals surface area contributed by atoms with E-state index < -0.39 is 4.93 Å². The molecule has 1 aliphatic rings. The number of ether oxygens (including phenoxy) is 1. The van der Waals surface area contributed by atoms with Crippen LogP contribution in [0.4, 0.5) is 0 Å². The minimum atomic E-state index is -0.409. The van der Waals surface area contributed by atoms with Crippen LogP contribution in [0.2, 0.25) is 0 Å². The van der Waals surface area contributed by atoms with Gasteiger partial charge in [-0.2, -0.15) is 12.6 Å². The second kappa shape index (κ2) is 3.31. The van der Waals surface area contributed by atoms with E-state index in [4.69, 9.17) is 4.74 Å². The van der Waals surface area contributed by atoms with Crippen molar-refractivity contribution in [2.45, 2.75) is 36.9 Å². The van der Waals surface area contributed by atoms with Crippen LogP contribution in [0.1, 0.15) is 26.7 Å². The van der Waals surface area contributed by atoms with Gasteiger partial charge in [0.1, 0.15) is 0 Å². The third kappa shape index (κ3) is 2.09. The quantitative estimate of drug-likeness (QED) is 0.637. The van der Waals surface area contributed by atoms with Gasteiger partial charge in [-0.05, 0) is 19.4 Å². The molecule has 0 unspecified atom stereocenters. The van der Waals surface area contributed by atoms with E-state index in [1.165, 1.54) is 0 Å². The van der Waals surface area contributed by atoms with Crippen molar-refractivity contribution in [1.82, 2.24) is 0 Å². The van der Waals surface area contributed by atoms with E-state index in [2.05, 4.69) is 32.2 Å². The maximum Gasteiger partial charge on any atom is 0.163 e. The summed E-state index contributed by atoms with van der Waals surface area (Å²) in [7, 11) is 0. The first-order chi connectivity index (χ1) is 5.06. The molecule has 0 amide bonds. The first-order valence-electron chi connectivity index (χ1n) is 3.86. The first-order valence-corrected chi connectivity index (χ1v) is 4.83. The smallest absolute Gasteiger partial charge is 0.163 e. The molecule has 0 radical (unpaired) electrons. The summed E-state index contributed by atoms with van der Waals surface area (Å²) in [6.07, 6.45) is 4.14. The van der Waals surface area contributed by atoms with E-state index in [0.29, 0.717) is 0 Å². The minimum absolute atomic E-state index is 0.118. The number of rotatable bonds is 2. The molecule has 1 rings (SSSR count). The number of hydrogen-bond donors (Lipinski definition) is 2. The molecule has 0 bridgehead atoms. The van der Waals surface area contributed by atoms with E-state index in [0.717, 1.165) is 18.6 Å². The fourth-order valence-corrected chi connectivity index (χ4v) is 1.48. The van der Waals surface area contributed by atoms with E-state index in [1.807, 2.05) is 13.0 Å². The Hall–Kier alpha value is 0.240. The summed E-state index contributed by atoms with van der Waals surface area (Å²) >= 11 is 8.69. The molecule has 2 atom stereocenters. The summed E-state index contributed by atoms with van der Waals surface area (Å²) in [6, 6.07) is 0. The van der Waals surface area contributed by atoms with Gasteiger partial charge in [-0.3, -0.25) is 0 Å². The summed E-state index contributed by atoms with van der Waals surface area (Å²) < 4.78 is 5.55. The van der Waals surface area contributed by atoms with Gasteiger partial charge in [0.25, 0.3) is 0 Å². The average Bonchev–Trinajstić information content (AvgIpc) is 2.08. The zero-order chi connectivity index (χ0) is 8.48. The fourth-order valence-electron chi connectivity index (χ4n) is 1.07. The van der Waals surface area contributed by atoms with E-state index >= 15 is 0 Å². The highest BCUT2D eigenvalue weighted by Gasteiger charge is 2.34. The molecule has 0 saturated carbocycles. The predicted octanol–water partition coefficient (Wildman–Crippen LogP) is 2.65. The van der Waals surface area contributed by atoms with Gasteiger partial charge in [0.2, 0.25) is 0 Å². The lowest BCUT2D eigenvalue weighted by atomic mass is 10.2. The van der Waals surface area contributed by atoms with Crippen molar-refractivity contribution in [3.8, 4) is 0 Å². The number of hydrogen-bond acceptors (Lipinski definition) is 3. The average molecular weight is 190 g/mol. The fraction of sp³-hybridized carbons (Fsp3) is 0.750. The van der Waals surface area contributed by atoms with E-state index in [1.54, 1.807) is 0 Å². The van der Waals surface area contributed by atoms with Crippen molar-refractivity contribution >= 4 is 25.3 Å². The number of thiol groups is 2. The number of allylic oxidation sites excluding steroid dienone is 1. The molecule has 64 valence electrons. The third-order valence-corrected chi connectivity index (χ3v) is 2.94. The second-order valence-electron chi connectivity index (χ2n) is 2.98. The van der Waals surface area contributed by atoms with Gasteiger partial charge in [-0.1, -0.05) is 6.92 Å². The maximum absolute atomic E-state index is 5.55. The highest BCUT2D eigenvalue weighted by molar-refractivity contribution is 7.85. The van der Waals surface area contributed by atoms with Crippen molar-refractivity contribution in [3.05, 3.63) is 11.8 Å². The molecule has 1 nitrogen and oxygen atoms in total. The van der Waals surface area contributed by atoms with Crippen LogP contribution in [0.3, 0.4) is 0 Å².